The molecule has 2 aromatic rings. The van der Waals surface area contributed by atoms with Gasteiger partial charge in [-0.05, 0) is 29.8 Å². The number of sulfone groups is 1. The summed E-state index contributed by atoms with van der Waals surface area (Å²) in [5.41, 5.74) is 0.554. The maximum atomic E-state index is 12.5. The first-order valence-electron chi connectivity index (χ1n) is 7.86. The molecule has 0 aliphatic heterocycles. The Hall–Kier alpha value is -1.99. The molecule has 0 radical (unpaired) electrons. The predicted molar refractivity (Wildman–Crippen MR) is 106 cm³/mol. The summed E-state index contributed by atoms with van der Waals surface area (Å²) >= 11 is 0. The van der Waals surface area contributed by atoms with Gasteiger partial charge in [-0.3, -0.25) is 0 Å². The number of nitrogens with zero attached hydrogens (tertiary/aromatic N) is 1. The zero-order valence-corrected chi connectivity index (χ0v) is 17.9. The number of hydrogen-bond donors (Lipinski definition) is 2. The second kappa shape index (κ2) is 7.79. The Labute approximate surface area is 165 Å². The summed E-state index contributed by atoms with van der Waals surface area (Å²) in [5, 5.41) is 7.93. The molecule has 2 rings (SSSR count). The zero-order chi connectivity index (χ0) is 21.3. The number of sulfonamides is 2. The summed E-state index contributed by atoms with van der Waals surface area (Å²) in [6.45, 7) is 0.000481. The van der Waals surface area contributed by atoms with E-state index in [2.05, 4.69) is 5.32 Å². The van der Waals surface area contributed by atoms with Crippen LogP contribution in [0.15, 0.2) is 57.2 Å². The van der Waals surface area contributed by atoms with Crippen molar-refractivity contribution >= 4 is 35.6 Å². The van der Waals surface area contributed by atoms with E-state index in [9.17, 15) is 25.3 Å². The fourth-order valence-corrected chi connectivity index (χ4v) is 5.03. The van der Waals surface area contributed by atoms with E-state index in [1.807, 2.05) is 0 Å². The van der Waals surface area contributed by atoms with Crippen LogP contribution in [0.1, 0.15) is 5.56 Å². The molecule has 0 saturated carbocycles. The van der Waals surface area contributed by atoms with Crippen molar-refractivity contribution in [2.75, 3.05) is 25.7 Å². The molecule has 0 fully saturated rings. The van der Waals surface area contributed by atoms with Gasteiger partial charge in [-0.1, -0.05) is 18.2 Å². The first-order chi connectivity index (χ1) is 12.7. The van der Waals surface area contributed by atoms with E-state index in [4.69, 9.17) is 5.14 Å². The smallest absolute Gasteiger partial charge is 0.242 e. The minimum absolute atomic E-state index is 0.000481. The van der Waals surface area contributed by atoms with Crippen LogP contribution in [0, 0.1) is 0 Å². The van der Waals surface area contributed by atoms with Crippen molar-refractivity contribution in [1.82, 2.24) is 4.31 Å². The molecule has 0 atom stereocenters. The SMILES string of the molecule is CN(C)S(=O)(=O)c1ccccc1CNc1ccc(S(N)(=O)=O)cc1S(C)(=O)=O. The second-order valence-electron chi connectivity index (χ2n) is 6.22. The number of hydrogen-bond acceptors (Lipinski definition) is 7. The number of nitrogens with one attached hydrogen (secondary N) is 1. The van der Waals surface area contributed by atoms with Crippen LogP contribution in [0.5, 0.6) is 0 Å². The molecule has 12 heteroatoms. The summed E-state index contributed by atoms with van der Waals surface area (Å²) in [6.07, 6.45) is 0.935. The van der Waals surface area contributed by atoms with Gasteiger partial charge >= 0.3 is 0 Å². The maximum Gasteiger partial charge on any atom is 0.242 e. The largest absolute Gasteiger partial charge is 0.380 e. The molecule has 0 aliphatic rings. The lowest BCUT2D eigenvalue weighted by Gasteiger charge is -2.17. The lowest BCUT2D eigenvalue weighted by Crippen LogP contribution is -2.24. The van der Waals surface area contributed by atoms with Crippen LogP contribution in [-0.2, 0) is 36.4 Å². The van der Waals surface area contributed by atoms with Gasteiger partial charge in [0.1, 0.15) is 0 Å². The minimum Gasteiger partial charge on any atom is -0.380 e. The van der Waals surface area contributed by atoms with Gasteiger partial charge in [0, 0.05) is 26.9 Å². The molecule has 154 valence electrons. The number of primary sulfonamides is 1. The Balaban J connectivity index is 2.47. The van der Waals surface area contributed by atoms with Gasteiger partial charge in [0.2, 0.25) is 20.0 Å². The van der Waals surface area contributed by atoms with Crippen molar-refractivity contribution in [3.8, 4) is 0 Å². The molecule has 2 aromatic carbocycles. The number of rotatable bonds is 7. The van der Waals surface area contributed by atoms with Crippen molar-refractivity contribution in [3.05, 3.63) is 48.0 Å². The molecule has 9 nitrogen and oxygen atoms in total. The highest BCUT2D eigenvalue weighted by Gasteiger charge is 2.22. The van der Waals surface area contributed by atoms with Gasteiger partial charge in [0.15, 0.2) is 9.84 Å². The highest BCUT2D eigenvalue weighted by atomic mass is 32.2. The average molecular weight is 448 g/mol. The van der Waals surface area contributed by atoms with Gasteiger partial charge in [-0.25, -0.2) is 34.7 Å². The third-order valence-corrected chi connectivity index (χ3v) is 7.84. The van der Waals surface area contributed by atoms with Gasteiger partial charge in [0.25, 0.3) is 0 Å². The molecule has 0 aliphatic carbocycles. The molecule has 0 spiro atoms. The lowest BCUT2D eigenvalue weighted by atomic mass is 10.2. The van der Waals surface area contributed by atoms with E-state index in [1.54, 1.807) is 18.2 Å². The number of anilines is 1. The molecular weight excluding hydrogens is 426 g/mol. The first-order valence-corrected chi connectivity index (χ1v) is 12.7. The molecule has 28 heavy (non-hydrogen) atoms. The standard InChI is InChI=1S/C16H21N3O6S3/c1-19(2)28(24,25)15-7-5-4-6-12(15)11-18-14-9-8-13(27(17,22)23)10-16(14)26(3,20)21/h4-10,18H,11H2,1-3H3,(H2,17,22,23). The van der Waals surface area contributed by atoms with E-state index in [0.717, 1.165) is 16.6 Å². The third-order valence-electron chi connectivity index (χ3n) is 3.88. The summed E-state index contributed by atoms with van der Waals surface area (Å²) in [7, 11) is -8.74. The number of nitrogens with two attached hydrogens (primary N) is 1. The van der Waals surface area contributed by atoms with Crippen molar-refractivity contribution in [2.45, 2.75) is 21.2 Å². The molecule has 0 amide bonds. The van der Waals surface area contributed by atoms with E-state index < -0.39 is 29.9 Å². The minimum atomic E-state index is -4.08. The van der Waals surface area contributed by atoms with Crippen LogP contribution in [0.25, 0.3) is 0 Å². The molecule has 0 saturated heterocycles. The van der Waals surface area contributed by atoms with Crippen molar-refractivity contribution in [1.29, 1.82) is 0 Å². The lowest BCUT2D eigenvalue weighted by molar-refractivity contribution is 0.519. The van der Waals surface area contributed by atoms with Crippen LogP contribution in [0.4, 0.5) is 5.69 Å². The van der Waals surface area contributed by atoms with Crippen LogP contribution >= 0.6 is 0 Å². The predicted octanol–water partition coefficient (Wildman–Crippen LogP) is 0.600. The highest BCUT2D eigenvalue weighted by molar-refractivity contribution is 7.91. The summed E-state index contributed by atoms with van der Waals surface area (Å²) < 4.78 is 73.2. The fraction of sp³-hybridized carbons (Fsp3) is 0.250. The third kappa shape index (κ3) is 4.89. The normalized spacial score (nSPS) is 12.9. The monoisotopic (exact) mass is 447 g/mol. The van der Waals surface area contributed by atoms with Crippen LogP contribution in [0.2, 0.25) is 0 Å². The van der Waals surface area contributed by atoms with E-state index >= 15 is 0 Å². The van der Waals surface area contributed by atoms with Gasteiger partial charge in [0.05, 0.1) is 20.4 Å². The summed E-state index contributed by atoms with van der Waals surface area (Å²) in [5.74, 6) is 0. The maximum absolute atomic E-state index is 12.5. The van der Waals surface area contributed by atoms with Crippen molar-refractivity contribution in [3.63, 3.8) is 0 Å². The Bertz CT molecular complexity index is 1200. The Morgan fingerprint density at radius 3 is 2.07 bits per heavy atom. The Morgan fingerprint density at radius 1 is 0.929 bits per heavy atom. The van der Waals surface area contributed by atoms with Crippen molar-refractivity contribution in [2.24, 2.45) is 5.14 Å². The summed E-state index contributed by atoms with van der Waals surface area (Å²) in [6, 6.07) is 9.72. The van der Waals surface area contributed by atoms with Gasteiger partial charge in [-0.15, -0.1) is 0 Å². The first kappa shape index (κ1) is 22.3. The van der Waals surface area contributed by atoms with Gasteiger partial charge in [-0.2, -0.15) is 0 Å². The highest BCUT2D eigenvalue weighted by Crippen LogP contribution is 2.26. The molecule has 0 bridgehead atoms. The van der Waals surface area contributed by atoms with E-state index in [1.165, 1.54) is 32.3 Å². The topological polar surface area (TPSA) is 144 Å². The molecular formula is C16H21N3O6S3. The Kier molecular flexibility index (Phi) is 6.21. The Morgan fingerprint density at radius 2 is 1.54 bits per heavy atom. The average Bonchev–Trinajstić information content (AvgIpc) is 2.58. The molecule has 0 aromatic heterocycles. The quantitative estimate of drug-likeness (QED) is 0.632. The van der Waals surface area contributed by atoms with Crippen LogP contribution in [0.3, 0.4) is 0 Å². The second-order valence-corrected chi connectivity index (χ2v) is 11.9. The number of benzene rings is 2. The van der Waals surface area contributed by atoms with Crippen LogP contribution in [-0.4, -0.2) is 49.9 Å². The zero-order valence-electron chi connectivity index (χ0n) is 15.4. The fourth-order valence-electron chi connectivity index (χ4n) is 2.42. The van der Waals surface area contributed by atoms with E-state index in [0.29, 0.717) is 5.56 Å². The van der Waals surface area contributed by atoms with E-state index in [-0.39, 0.29) is 26.9 Å². The molecule has 0 heterocycles. The van der Waals surface area contributed by atoms with Crippen molar-refractivity contribution < 1.29 is 25.3 Å². The summed E-state index contributed by atoms with van der Waals surface area (Å²) in [4.78, 5) is -0.518. The molecule has 0 unspecified atom stereocenters. The van der Waals surface area contributed by atoms with Crippen LogP contribution < -0.4 is 10.5 Å². The van der Waals surface area contributed by atoms with Gasteiger partial charge < -0.3 is 5.32 Å². The molecule has 3 N–H and O–H groups in total.